The highest BCUT2D eigenvalue weighted by atomic mass is 16.3. The Labute approximate surface area is 97.3 Å². The van der Waals surface area contributed by atoms with Gasteiger partial charge < -0.3 is 15.3 Å². The van der Waals surface area contributed by atoms with Gasteiger partial charge in [0.05, 0.1) is 0 Å². The molecule has 0 aliphatic carbocycles. The number of hydrogen-bond donors (Lipinski definition) is 2. The van der Waals surface area contributed by atoms with Gasteiger partial charge in [-0.15, -0.1) is 0 Å². The van der Waals surface area contributed by atoms with Crippen molar-refractivity contribution in [2.24, 2.45) is 0 Å². The first-order chi connectivity index (χ1) is 8.24. The number of oxazole rings is 1. The van der Waals surface area contributed by atoms with Crippen LogP contribution in [0.2, 0.25) is 0 Å². The maximum Gasteiger partial charge on any atom is 0.227 e. The van der Waals surface area contributed by atoms with E-state index in [0.29, 0.717) is 22.7 Å². The average molecular weight is 226 g/mol. The van der Waals surface area contributed by atoms with Gasteiger partial charge in [0.1, 0.15) is 5.75 Å². The topological polar surface area (TPSA) is 72.3 Å². The van der Waals surface area contributed by atoms with Gasteiger partial charge in [-0.05, 0) is 30.3 Å². The van der Waals surface area contributed by atoms with Gasteiger partial charge in [0.25, 0.3) is 0 Å². The number of rotatable bonds is 1. The van der Waals surface area contributed by atoms with Crippen LogP contribution < -0.4 is 5.73 Å². The van der Waals surface area contributed by atoms with Crippen LogP contribution in [-0.2, 0) is 0 Å². The number of nitrogens with two attached hydrogens (primary N) is 1. The van der Waals surface area contributed by atoms with E-state index in [1.54, 1.807) is 30.3 Å². The minimum Gasteiger partial charge on any atom is -0.506 e. The van der Waals surface area contributed by atoms with Crippen LogP contribution in [0.1, 0.15) is 0 Å². The standard InChI is InChI=1S/C13H10N2O2/c14-9-4-1-3-8(7-9)13-15-12-10(16)5-2-6-11(12)17-13/h1-7,16H,14H2. The highest BCUT2D eigenvalue weighted by molar-refractivity contribution is 5.82. The largest absolute Gasteiger partial charge is 0.506 e. The third-order valence-electron chi connectivity index (χ3n) is 2.53. The molecule has 3 aromatic rings. The van der Waals surface area contributed by atoms with Crippen LogP contribution in [0.4, 0.5) is 5.69 Å². The number of para-hydroxylation sites is 1. The van der Waals surface area contributed by atoms with Gasteiger partial charge in [-0.2, -0.15) is 0 Å². The summed E-state index contributed by atoms with van der Waals surface area (Å²) < 4.78 is 5.56. The molecule has 1 aromatic heterocycles. The van der Waals surface area contributed by atoms with Gasteiger partial charge in [-0.3, -0.25) is 0 Å². The number of phenolic OH excluding ortho intramolecular Hbond substituents is 1. The normalized spacial score (nSPS) is 10.8. The van der Waals surface area contributed by atoms with Crippen LogP contribution in [0, 0.1) is 0 Å². The number of nitrogen functional groups attached to an aromatic ring is 1. The summed E-state index contributed by atoms with van der Waals surface area (Å²) in [6, 6.07) is 12.3. The fourth-order valence-corrected chi connectivity index (χ4v) is 1.73. The smallest absolute Gasteiger partial charge is 0.227 e. The fraction of sp³-hybridized carbons (Fsp3) is 0. The van der Waals surface area contributed by atoms with Crippen molar-refractivity contribution in [2.45, 2.75) is 0 Å². The highest BCUT2D eigenvalue weighted by Gasteiger charge is 2.10. The molecule has 84 valence electrons. The van der Waals surface area contributed by atoms with E-state index in [0.717, 1.165) is 5.56 Å². The summed E-state index contributed by atoms with van der Waals surface area (Å²) in [4.78, 5) is 4.25. The first kappa shape index (κ1) is 9.72. The Balaban J connectivity index is 2.22. The first-order valence-electron chi connectivity index (χ1n) is 5.18. The molecule has 3 N–H and O–H groups in total. The molecule has 0 atom stereocenters. The minimum absolute atomic E-state index is 0.112. The van der Waals surface area contributed by atoms with E-state index in [2.05, 4.69) is 4.98 Å². The monoisotopic (exact) mass is 226 g/mol. The van der Waals surface area contributed by atoms with Crippen LogP contribution in [0.5, 0.6) is 5.75 Å². The SMILES string of the molecule is Nc1cccc(-c2nc3c(O)cccc3o2)c1. The van der Waals surface area contributed by atoms with E-state index >= 15 is 0 Å². The summed E-state index contributed by atoms with van der Waals surface area (Å²) >= 11 is 0. The predicted molar refractivity (Wildman–Crippen MR) is 65.5 cm³/mol. The Kier molecular flexibility index (Phi) is 2.01. The molecule has 4 nitrogen and oxygen atoms in total. The number of benzene rings is 2. The molecule has 3 rings (SSSR count). The Morgan fingerprint density at radius 3 is 2.71 bits per heavy atom. The number of aromatic nitrogens is 1. The molecule has 4 heteroatoms. The van der Waals surface area contributed by atoms with E-state index in [-0.39, 0.29) is 5.75 Å². The number of fused-ring (bicyclic) bond motifs is 1. The lowest BCUT2D eigenvalue weighted by Crippen LogP contribution is -1.84. The molecule has 2 aromatic carbocycles. The van der Waals surface area contributed by atoms with Gasteiger partial charge in [-0.25, -0.2) is 4.98 Å². The summed E-state index contributed by atoms with van der Waals surface area (Å²) in [6.45, 7) is 0. The second-order valence-corrected chi connectivity index (χ2v) is 3.77. The Morgan fingerprint density at radius 1 is 1.12 bits per heavy atom. The summed E-state index contributed by atoms with van der Waals surface area (Å²) in [7, 11) is 0. The molecule has 0 radical (unpaired) electrons. The van der Waals surface area contributed by atoms with Crippen LogP contribution in [-0.4, -0.2) is 10.1 Å². The highest BCUT2D eigenvalue weighted by Crippen LogP contribution is 2.29. The number of nitrogens with zero attached hydrogens (tertiary/aromatic N) is 1. The number of hydrogen-bond acceptors (Lipinski definition) is 4. The summed E-state index contributed by atoms with van der Waals surface area (Å²) in [5.41, 5.74) is 8.16. The molecular weight excluding hydrogens is 216 g/mol. The number of anilines is 1. The van der Waals surface area contributed by atoms with Crippen molar-refractivity contribution in [3.63, 3.8) is 0 Å². The summed E-state index contributed by atoms with van der Waals surface area (Å²) in [5.74, 6) is 0.565. The van der Waals surface area contributed by atoms with Crippen molar-refractivity contribution in [3.8, 4) is 17.2 Å². The van der Waals surface area contributed by atoms with Gasteiger partial charge in [0.15, 0.2) is 11.1 Å². The summed E-state index contributed by atoms with van der Waals surface area (Å²) in [6.07, 6.45) is 0. The molecule has 0 unspecified atom stereocenters. The molecule has 0 saturated carbocycles. The van der Waals surface area contributed by atoms with Gasteiger partial charge >= 0.3 is 0 Å². The van der Waals surface area contributed by atoms with Crippen molar-refractivity contribution in [2.75, 3.05) is 5.73 Å². The van der Waals surface area contributed by atoms with Gasteiger partial charge in [-0.1, -0.05) is 12.1 Å². The zero-order chi connectivity index (χ0) is 11.8. The lowest BCUT2D eigenvalue weighted by Gasteiger charge is -1.95. The lowest BCUT2D eigenvalue weighted by atomic mass is 10.2. The third kappa shape index (κ3) is 1.59. The molecule has 17 heavy (non-hydrogen) atoms. The Hall–Kier alpha value is -2.49. The predicted octanol–water partition coefficient (Wildman–Crippen LogP) is 2.78. The Morgan fingerprint density at radius 2 is 1.94 bits per heavy atom. The molecule has 0 bridgehead atoms. The maximum atomic E-state index is 9.64. The second-order valence-electron chi connectivity index (χ2n) is 3.77. The maximum absolute atomic E-state index is 9.64. The lowest BCUT2D eigenvalue weighted by molar-refractivity contribution is 0.480. The Bertz CT molecular complexity index is 689. The van der Waals surface area contributed by atoms with Crippen LogP contribution in [0.25, 0.3) is 22.6 Å². The number of aromatic hydroxyl groups is 1. The molecule has 1 heterocycles. The first-order valence-corrected chi connectivity index (χ1v) is 5.18. The molecule has 0 spiro atoms. The molecule has 0 aliphatic rings. The van der Waals surface area contributed by atoms with Crippen molar-refractivity contribution < 1.29 is 9.52 Å². The molecule has 0 aliphatic heterocycles. The minimum atomic E-state index is 0.112. The average Bonchev–Trinajstić information content (AvgIpc) is 2.74. The van der Waals surface area contributed by atoms with E-state index in [9.17, 15) is 5.11 Å². The molecule has 0 saturated heterocycles. The molecular formula is C13H10N2O2. The van der Waals surface area contributed by atoms with Crippen LogP contribution in [0.15, 0.2) is 46.9 Å². The van der Waals surface area contributed by atoms with Crippen molar-refractivity contribution in [3.05, 3.63) is 42.5 Å². The van der Waals surface area contributed by atoms with Crippen molar-refractivity contribution >= 4 is 16.8 Å². The molecule has 0 fully saturated rings. The third-order valence-corrected chi connectivity index (χ3v) is 2.53. The number of phenols is 1. The fourth-order valence-electron chi connectivity index (χ4n) is 1.73. The zero-order valence-corrected chi connectivity index (χ0v) is 8.92. The van der Waals surface area contributed by atoms with Gasteiger partial charge in [0.2, 0.25) is 5.89 Å². The van der Waals surface area contributed by atoms with E-state index in [4.69, 9.17) is 10.2 Å². The zero-order valence-electron chi connectivity index (χ0n) is 8.92. The second kappa shape index (κ2) is 3.52. The van der Waals surface area contributed by atoms with Crippen molar-refractivity contribution in [1.82, 2.24) is 4.98 Å². The van der Waals surface area contributed by atoms with Crippen LogP contribution in [0.3, 0.4) is 0 Å². The van der Waals surface area contributed by atoms with Crippen LogP contribution >= 0.6 is 0 Å². The quantitative estimate of drug-likeness (QED) is 0.626. The van der Waals surface area contributed by atoms with E-state index in [1.165, 1.54) is 0 Å². The van der Waals surface area contributed by atoms with Crippen molar-refractivity contribution in [1.29, 1.82) is 0 Å². The van der Waals surface area contributed by atoms with Gasteiger partial charge in [0, 0.05) is 11.3 Å². The summed E-state index contributed by atoms with van der Waals surface area (Å²) in [5, 5.41) is 9.64. The van der Waals surface area contributed by atoms with E-state index in [1.807, 2.05) is 12.1 Å². The van der Waals surface area contributed by atoms with E-state index < -0.39 is 0 Å². The molecule has 0 amide bonds.